The van der Waals surface area contributed by atoms with Gasteiger partial charge in [0.05, 0.1) is 46.2 Å². The number of hydrogen-bond acceptors (Lipinski definition) is 8. The van der Waals surface area contributed by atoms with E-state index in [9.17, 15) is 13.2 Å². The number of benzene rings is 2. The van der Waals surface area contributed by atoms with Crippen LogP contribution >= 0.6 is 11.6 Å². The molecule has 11 heteroatoms. The van der Waals surface area contributed by atoms with Crippen molar-refractivity contribution in [3.05, 3.63) is 77.0 Å². The number of amides is 1. The molecule has 2 fully saturated rings. The Hall–Kier alpha value is -3.47. The lowest BCUT2D eigenvalue weighted by Crippen LogP contribution is -2.44. The van der Waals surface area contributed by atoms with Gasteiger partial charge in [-0.3, -0.25) is 4.79 Å². The van der Waals surface area contributed by atoms with Gasteiger partial charge in [-0.15, -0.1) is 6.58 Å². The minimum atomic E-state index is -3.96. The topological polar surface area (TPSA) is 142 Å². The van der Waals surface area contributed by atoms with Gasteiger partial charge in [-0.1, -0.05) is 23.7 Å². The molecule has 1 atom stereocenters. The average Bonchev–Trinajstić information content (AvgIpc) is 3.70. The molecular formula is C28H30ClN5O4S. The van der Waals surface area contributed by atoms with E-state index < -0.39 is 21.2 Å². The van der Waals surface area contributed by atoms with Crippen molar-refractivity contribution in [1.29, 1.82) is 0 Å². The number of carbonyl (C=O) groups is 1. The van der Waals surface area contributed by atoms with E-state index in [1.807, 2.05) is 18.2 Å². The van der Waals surface area contributed by atoms with Crippen molar-refractivity contribution >= 4 is 38.9 Å². The number of anilines is 2. The molecule has 2 aliphatic rings. The van der Waals surface area contributed by atoms with E-state index in [1.165, 1.54) is 12.1 Å². The maximum absolute atomic E-state index is 13.2. The van der Waals surface area contributed by atoms with Crippen molar-refractivity contribution in [2.75, 3.05) is 36.1 Å². The molecule has 9 nitrogen and oxygen atoms in total. The van der Waals surface area contributed by atoms with Gasteiger partial charge in [0, 0.05) is 29.3 Å². The summed E-state index contributed by atoms with van der Waals surface area (Å²) in [7, 11) is -3.96. The van der Waals surface area contributed by atoms with Crippen LogP contribution in [0.25, 0.3) is 11.4 Å². The molecule has 0 bridgehead atoms. The third kappa shape index (κ3) is 4.99. The standard InChI is InChI=1S/C28H30ClN5O4S/c1-3-14-39(36,37)25-20(26(31)35)8-9-21(24(25)29)28(10-11-28)22-15-23(34-12-13-38-16-17(34)2)33-27(32-22)18-4-6-19(30)7-5-18/h3-9,15,17H,1,10-14,16,30H2,2H3,(H2,31,35)/t17-/m0/s1. The summed E-state index contributed by atoms with van der Waals surface area (Å²) in [5.74, 6) is 0.0273. The van der Waals surface area contributed by atoms with Gasteiger partial charge in [0.1, 0.15) is 5.82 Å². The van der Waals surface area contributed by atoms with Crippen LogP contribution in [0.3, 0.4) is 0 Å². The van der Waals surface area contributed by atoms with Gasteiger partial charge in [0.2, 0.25) is 5.91 Å². The van der Waals surface area contributed by atoms with Crippen LogP contribution in [0.2, 0.25) is 5.02 Å². The highest BCUT2D eigenvalue weighted by atomic mass is 35.5. The monoisotopic (exact) mass is 567 g/mol. The van der Waals surface area contributed by atoms with Gasteiger partial charge in [0.15, 0.2) is 15.7 Å². The SMILES string of the molecule is C=CCS(=O)(=O)c1c(C(N)=O)ccc(C2(c3cc(N4CCOC[C@@H]4C)nc(-c4ccc(N)cc4)n3)CC2)c1Cl. The lowest BCUT2D eigenvalue weighted by atomic mass is 9.90. The molecule has 4 N–H and O–H groups in total. The Balaban J connectivity index is 1.70. The summed E-state index contributed by atoms with van der Waals surface area (Å²) in [6.07, 6.45) is 2.65. The third-order valence-corrected chi connectivity index (χ3v) is 9.54. The number of aromatic nitrogens is 2. The molecule has 2 heterocycles. The van der Waals surface area contributed by atoms with Crippen molar-refractivity contribution in [3.8, 4) is 11.4 Å². The van der Waals surface area contributed by atoms with Crippen LogP contribution in [-0.2, 0) is 20.0 Å². The molecule has 1 aliphatic heterocycles. The zero-order valence-corrected chi connectivity index (χ0v) is 23.1. The Morgan fingerprint density at radius 2 is 1.95 bits per heavy atom. The summed E-state index contributed by atoms with van der Waals surface area (Å²) in [6, 6.07) is 12.5. The molecule has 3 aromatic rings. The predicted molar refractivity (Wildman–Crippen MR) is 152 cm³/mol. The van der Waals surface area contributed by atoms with Crippen LogP contribution in [0.5, 0.6) is 0 Å². The number of hydrogen-bond donors (Lipinski definition) is 2. The van der Waals surface area contributed by atoms with Crippen LogP contribution in [-0.4, -0.2) is 55.8 Å². The molecule has 0 radical (unpaired) electrons. The quantitative estimate of drug-likeness (QED) is 0.310. The maximum atomic E-state index is 13.2. The van der Waals surface area contributed by atoms with Crippen LogP contribution in [0.4, 0.5) is 11.5 Å². The Morgan fingerprint density at radius 3 is 2.56 bits per heavy atom. The highest BCUT2D eigenvalue weighted by molar-refractivity contribution is 7.91. The zero-order chi connectivity index (χ0) is 27.9. The number of rotatable bonds is 8. The number of primary amides is 1. The van der Waals surface area contributed by atoms with Gasteiger partial charge in [-0.25, -0.2) is 18.4 Å². The molecule has 2 aromatic carbocycles. The Labute approximate surface area is 232 Å². The smallest absolute Gasteiger partial charge is 0.250 e. The first-order valence-electron chi connectivity index (χ1n) is 12.6. The molecular weight excluding hydrogens is 538 g/mol. The van der Waals surface area contributed by atoms with E-state index in [0.29, 0.717) is 49.7 Å². The van der Waals surface area contributed by atoms with E-state index in [1.54, 1.807) is 18.2 Å². The number of ether oxygens (including phenoxy) is 1. The number of nitrogen functional groups attached to an aromatic ring is 1. The van der Waals surface area contributed by atoms with Crippen LogP contribution in [0.15, 0.2) is 60.0 Å². The van der Waals surface area contributed by atoms with E-state index in [-0.39, 0.29) is 27.3 Å². The van der Waals surface area contributed by atoms with E-state index in [2.05, 4.69) is 18.4 Å². The summed E-state index contributed by atoms with van der Waals surface area (Å²) in [5.41, 5.74) is 13.4. The maximum Gasteiger partial charge on any atom is 0.250 e. The predicted octanol–water partition coefficient (Wildman–Crippen LogP) is 3.74. The molecule has 1 aromatic heterocycles. The van der Waals surface area contributed by atoms with Crippen molar-refractivity contribution in [3.63, 3.8) is 0 Å². The molecule has 5 rings (SSSR count). The van der Waals surface area contributed by atoms with E-state index in [4.69, 9.17) is 37.8 Å². The van der Waals surface area contributed by atoms with E-state index >= 15 is 0 Å². The number of carbonyl (C=O) groups excluding carboxylic acids is 1. The second kappa shape index (κ2) is 10.3. The van der Waals surface area contributed by atoms with Crippen LogP contribution < -0.4 is 16.4 Å². The second-order valence-corrected chi connectivity index (χ2v) is 12.3. The van der Waals surface area contributed by atoms with Crippen molar-refractivity contribution in [1.82, 2.24) is 9.97 Å². The Morgan fingerprint density at radius 1 is 1.23 bits per heavy atom. The summed E-state index contributed by atoms with van der Waals surface area (Å²) < 4.78 is 32.0. The van der Waals surface area contributed by atoms with Gasteiger partial charge in [-0.2, -0.15) is 0 Å². The lowest BCUT2D eigenvalue weighted by molar-refractivity contribution is 0.0985. The fourth-order valence-electron chi connectivity index (χ4n) is 5.11. The van der Waals surface area contributed by atoms with Gasteiger partial charge in [-0.05, 0) is 55.7 Å². The third-order valence-electron chi connectivity index (χ3n) is 7.31. The second-order valence-electron chi connectivity index (χ2n) is 9.99. The summed E-state index contributed by atoms with van der Waals surface area (Å²) in [4.78, 5) is 24.0. The van der Waals surface area contributed by atoms with Crippen molar-refractivity contribution in [2.45, 2.75) is 36.1 Å². The number of nitrogens with two attached hydrogens (primary N) is 2. The molecule has 1 saturated heterocycles. The molecule has 0 unspecified atom stereocenters. The first-order chi connectivity index (χ1) is 18.6. The molecule has 204 valence electrons. The minimum absolute atomic E-state index is 0.0143. The normalized spacial score (nSPS) is 18.5. The Bertz CT molecular complexity index is 1550. The van der Waals surface area contributed by atoms with Gasteiger partial charge < -0.3 is 21.1 Å². The van der Waals surface area contributed by atoms with Gasteiger partial charge >= 0.3 is 0 Å². The fraction of sp³-hybridized carbons (Fsp3) is 0.321. The lowest BCUT2D eigenvalue weighted by Gasteiger charge is -2.35. The average molecular weight is 568 g/mol. The van der Waals surface area contributed by atoms with Gasteiger partial charge in [0.25, 0.3) is 0 Å². The summed E-state index contributed by atoms with van der Waals surface area (Å²) in [6.45, 7) is 7.44. The zero-order valence-electron chi connectivity index (χ0n) is 21.6. The molecule has 0 spiro atoms. The Kier molecular flexibility index (Phi) is 7.13. The molecule has 39 heavy (non-hydrogen) atoms. The van der Waals surface area contributed by atoms with E-state index in [0.717, 1.165) is 17.1 Å². The van der Waals surface area contributed by atoms with Crippen LogP contribution in [0.1, 0.15) is 41.4 Å². The minimum Gasteiger partial charge on any atom is -0.399 e. The summed E-state index contributed by atoms with van der Waals surface area (Å²) >= 11 is 6.83. The highest BCUT2D eigenvalue weighted by Crippen LogP contribution is 2.56. The highest BCUT2D eigenvalue weighted by Gasteiger charge is 2.50. The number of morpholine rings is 1. The molecule has 1 saturated carbocycles. The first-order valence-corrected chi connectivity index (χ1v) is 14.7. The summed E-state index contributed by atoms with van der Waals surface area (Å²) in [5, 5.41) is -0.0143. The number of sulfone groups is 1. The molecule has 1 aliphatic carbocycles. The van der Waals surface area contributed by atoms with Crippen LogP contribution in [0, 0.1) is 0 Å². The number of halogens is 1. The number of nitrogens with zero attached hydrogens (tertiary/aromatic N) is 3. The largest absolute Gasteiger partial charge is 0.399 e. The first kappa shape index (κ1) is 27.1. The fourth-order valence-corrected chi connectivity index (χ4v) is 7.17. The molecule has 1 amide bonds. The van der Waals surface area contributed by atoms with Crippen molar-refractivity contribution < 1.29 is 17.9 Å². The van der Waals surface area contributed by atoms with Crippen molar-refractivity contribution in [2.24, 2.45) is 5.73 Å².